The fraction of sp³-hybridized carbons (Fsp3) is 0.500. The Balaban J connectivity index is 1.29. The van der Waals surface area contributed by atoms with Gasteiger partial charge in [0.1, 0.15) is 5.52 Å². The molecule has 28 heavy (non-hydrogen) atoms. The summed E-state index contributed by atoms with van der Waals surface area (Å²) in [7, 11) is 0. The van der Waals surface area contributed by atoms with Crippen LogP contribution >= 0.6 is 0 Å². The lowest BCUT2D eigenvalue weighted by Gasteiger charge is -2.32. The fourth-order valence-electron chi connectivity index (χ4n) is 4.03. The Hall–Kier alpha value is -2.90. The Kier molecular flexibility index (Phi) is 5.02. The van der Waals surface area contributed by atoms with Crippen molar-refractivity contribution in [3.05, 3.63) is 30.2 Å². The molecular weight excluding hydrogens is 360 g/mol. The van der Waals surface area contributed by atoms with Gasteiger partial charge in [0.15, 0.2) is 11.5 Å². The predicted octanol–water partition coefficient (Wildman–Crippen LogP) is 2.16. The van der Waals surface area contributed by atoms with Crippen molar-refractivity contribution in [3.63, 3.8) is 0 Å². The molecule has 1 aromatic heterocycles. The second kappa shape index (κ2) is 7.61. The second-order valence-corrected chi connectivity index (χ2v) is 7.57. The van der Waals surface area contributed by atoms with Crippen LogP contribution in [0.25, 0.3) is 11.1 Å². The molecular formula is C20H24N4O4. The second-order valence-electron chi connectivity index (χ2n) is 7.57. The zero-order valence-corrected chi connectivity index (χ0v) is 15.8. The minimum Gasteiger partial charge on any atom is -0.440 e. The minimum absolute atomic E-state index is 0.0490. The van der Waals surface area contributed by atoms with Gasteiger partial charge in [-0.25, -0.2) is 9.78 Å². The Morgan fingerprint density at radius 3 is 2.71 bits per heavy atom. The third kappa shape index (κ3) is 3.72. The number of carbonyl (C=O) groups is 3. The number of hydrogen-bond donors (Lipinski definition) is 2. The number of piperidine rings is 1. The first kappa shape index (κ1) is 18.5. The zero-order valence-electron chi connectivity index (χ0n) is 15.8. The molecule has 4 rings (SSSR count). The maximum Gasteiger partial charge on any atom is 0.321 e. The van der Waals surface area contributed by atoms with E-state index in [2.05, 4.69) is 15.6 Å². The molecule has 4 amide bonds. The number of carbonyl (C=O) groups excluding carboxylic acids is 3. The molecule has 2 unspecified atom stereocenters. The molecule has 3 heterocycles. The van der Waals surface area contributed by atoms with Gasteiger partial charge >= 0.3 is 6.03 Å². The highest BCUT2D eigenvalue weighted by Crippen LogP contribution is 2.30. The van der Waals surface area contributed by atoms with Gasteiger partial charge in [-0.3, -0.25) is 14.9 Å². The molecule has 148 valence electrons. The van der Waals surface area contributed by atoms with Crippen molar-refractivity contribution in [2.75, 3.05) is 13.1 Å². The number of benzene rings is 1. The van der Waals surface area contributed by atoms with E-state index < -0.39 is 6.03 Å². The summed E-state index contributed by atoms with van der Waals surface area (Å²) >= 11 is 0. The maximum atomic E-state index is 12.6. The number of imide groups is 1. The Morgan fingerprint density at radius 2 is 2.00 bits per heavy atom. The Bertz CT molecular complexity index is 867. The van der Waals surface area contributed by atoms with Crippen LogP contribution in [-0.4, -0.2) is 46.9 Å². The smallest absolute Gasteiger partial charge is 0.321 e. The van der Waals surface area contributed by atoms with Gasteiger partial charge in [-0.2, -0.15) is 0 Å². The first-order valence-electron chi connectivity index (χ1n) is 9.76. The van der Waals surface area contributed by atoms with E-state index >= 15 is 0 Å². The Morgan fingerprint density at radius 1 is 1.25 bits per heavy atom. The van der Waals surface area contributed by atoms with Crippen LogP contribution in [0.1, 0.15) is 44.4 Å². The van der Waals surface area contributed by atoms with Crippen molar-refractivity contribution in [3.8, 4) is 0 Å². The molecule has 2 aliphatic heterocycles. The highest BCUT2D eigenvalue weighted by molar-refractivity contribution is 5.98. The van der Waals surface area contributed by atoms with Gasteiger partial charge in [-0.15, -0.1) is 0 Å². The maximum absolute atomic E-state index is 12.6. The van der Waals surface area contributed by atoms with E-state index in [0.717, 1.165) is 29.8 Å². The normalized spacial score (nSPS) is 23.5. The number of aromatic nitrogens is 1. The summed E-state index contributed by atoms with van der Waals surface area (Å²) in [6.07, 6.45) is 2.35. The minimum atomic E-state index is -0.471. The van der Waals surface area contributed by atoms with E-state index in [1.807, 2.05) is 29.2 Å². The summed E-state index contributed by atoms with van der Waals surface area (Å²) in [5.74, 6) is 0.332. The molecule has 2 saturated heterocycles. The summed E-state index contributed by atoms with van der Waals surface area (Å²) in [5.41, 5.74) is 1.66. The lowest BCUT2D eigenvalue weighted by molar-refractivity contribution is -0.133. The van der Waals surface area contributed by atoms with Gasteiger partial charge in [0, 0.05) is 31.5 Å². The molecule has 2 aromatic rings. The van der Waals surface area contributed by atoms with E-state index in [9.17, 15) is 14.4 Å². The van der Waals surface area contributed by atoms with Gasteiger partial charge in [0.25, 0.3) is 0 Å². The van der Waals surface area contributed by atoms with E-state index in [0.29, 0.717) is 25.9 Å². The van der Waals surface area contributed by atoms with Crippen LogP contribution < -0.4 is 10.6 Å². The highest BCUT2D eigenvalue weighted by Gasteiger charge is 2.33. The fourth-order valence-corrected chi connectivity index (χ4v) is 4.03. The average Bonchev–Trinajstić information content (AvgIpc) is 3.11. The molecule has 0 radical (unpaired) electrons. The van der Waals surface area contributed by atoms with Gasteiger partial charge < -0.3 is 14.6 Å². The van der Waals surface area contributed by atoms with Gasteiger partial charge in [0.05, 0.1) is 5.92 Å². The van der Waals surface area contributed by atoms with Gasteiger partial charge in [-0.1, -0.05) is 12.1 Å². The highest BCUT2D eigenvalue weighted by atomic mass is 16.3. The number of para-hydroxylation sites is 2. The first-order chi connectivity index (χ1) is 13.5. The molecule has 2 aliphatic rings. The molecule has 0 saturated carbocycles. The number of urea groups is 1. The average molecular weight is 384 g/mol. The van der Waals surface area contributed by atoms with E-state index in [1.54, 1.807) is 6.92 Å². The van der Waals surface area contributed by atoms with Crippen molar-refractivity contribution >= 4 is 28.9 Å². The van der Waals surface area contributed by atoms with Crippen LogP contribution in [0.4, 0.5) is 4.79 Å². The van der Waals surface area contributed by atoms with Crippen LogP contribution in [0.15, 0.2) is 28.7 Å². The van der Waals surface area contributed by atoms with Crippen LogP contribution in [0.3, 0.4) is 0 Å². The largest absolute Gasteiger partial charge is 0.440 e. The van der Waals surface area contributed by atoms with Crippen molar-refractivity contribution in [2.24, 2.45) is 5.92 Å². The topological polar surface area (TPSA) is 105 Å². The zero-order chi connectivity index (χ0) is 19.7. The summed E-state index contributed by atoms with van der Waals surface area (Å²) in [6.45, 7) is 3.11. The van der Waals surface area contributed by atoms with Crippen LogP contribution in [0.2, 0.25) is 0 Å². The van der Waals surface area contributed by atoms with Crippen molar-refractivity contribution < 1.29 is 18.8 Å². The quantitative estimate of drug-likeness (QED) is 0.841. The molecule has 2 N–H and O–H groups in total. The third-order valence-corrected chi connectivity index (χ3v) is 5.71. The summed E-state index contributed by atoms with van der Waals surface area (Å²) in [4.78, 5) is 42.3. The number of amides is 4. The van der Waals surface area contributed by atoms with E-state index in [1.165, 1.54) is 0 Å². The predicted molar refractivity (Wildman–Crippen MR) is 101 cm³/mol. The van der Waals surface area contributed by atoms with Crippen molar-refractivity contribution in [1.29, 1.82) is 0 Å². The molecule has 0 bridgehead atoms. The molecule has 8 heteroatoms. The van der Waals surface area contributed by atoms with E-state index in [-0.39, 0.29) is 29.7 Å². The van der Waals surface area contributed by atoms with Crippen LogP contribution in [0.5, 0.6) is 0 Å². The summed E-state index contributed by atoms with van der Waals surface area (Å²) < 4.78 is 5.87. The Labute approximate surface area is 162 Å². The summed E-state index contributed by atoms with van der Waals surface area (Å²) in [5, 5.41) is 4.95. The molecule has 1 aromatic carbocycles. The molecule has 2 atom stereocenters. The number of nitrogens with one attached hydrogen (secondary N) is 2. The monoisotopic (exact) mass is 384 g/mol. The third-order valence-electron chi connectivity index (χ3n) is 5.71. The van der Waals surface area contributed by atoms with Crippen LogP contribution in [0, 0.1) is 5.92 Å². The molecule has 8 nitrogen and oxygen atoms in total. The lowest BCUT2D eigenvalue weighted by atomic mass is 9.92. The van der Waals surface area contributed by atoms with Crippen LogP contribution in [-0.2, 0) is 9.59 Å². The molecule has 2 fully saturated rings. The molecule has 0 spiro atoms. The van der Waals surface area contributed by atoms with E-state index in [4.69, 9.17) is 4.42 Å². The number of fused-ring (bicyclic) bond motifs is 1. The number of likely N-dealkylation sites (tertiary alicyclic amines) is 1. The van der Waals surface area contributed by atoms with Gasteiger partial charge in [-0.05, 0) is 38.3 Å². The summed E-state index contributed by atoms with van der Waals surface area (Å²) in [6, 6.07) is 6.98. The van der Waals surface area contributed by atoms with Gasteiger partial charge in [0.2, 0.25) is 11.8 Å². The number of rotatable bonds is 4. The first-order valence-corrected chi connectivity index (χ1v) is 9.76. The number of oxazole rings is 1. The van der Waals surface area contributed by atoms with Crippen molar-refractivity contribution in [2.45, 2.75) is 44.6 Å². The standard InChI is InChI=1S/C20H24N4O4/c1-12-14(18(26)23-20(27)21-12)6-7-17(25)24-10-8-13(9-11-24)19-22-15-4-2-3-5-16(15)28-19/h2-5,12-14H,6-11H2,1H3,(H2,21,23,26,27). The molecule has 0 aliphatic carbocycles. The number of hydrogen-bond acceptors (Lipinski definition) is 5. The SMILES string of the molecule is CC1NC(=O)NC(=O)C1CCC(=O)N1CCC(c2nc3ccccc3o2)CC1. The lowest BCUT2D eigenvalue weighted by Crippen LogP contribution is -2.57. The number of nitrogens with zero attached hydrogens (tertiary/aromatic N) is 2. The van der Waals surface area contributed by atoms with Crippen molar-refractivity contribution in [1.82, 2.24) is 20.5 Å².